The summed E-state index contributed by atoms with van der Waals surface area (Å²) in [5, 5.41) is 0. The van der Waals surface area contributed by atoms with E-state index in [-0.39, 0.29) is 6.10 Å². The van der Waals surface area contributed by atoms with Gasteiger partial charge in [-0.25, -0.2) is 0 Å². The summed E-state index contributed by atoms with van der Waals surface area (Å²) in [4.78, 5) is 0. The van der Waals surface area contributed by atoms with Crippen LogP contribution in [-0.2, 0) is 6.42 Å². The number of hydrogen-bond donors (Lipinski definition) is 0. The number of hydrogen-bond acceptors (Lipinski definition) is 1. The van der Waals surface area contributed by atoms with Gasteiger partial charge in [0.05, 0.1) is 5.88 Å². The molecule has 1 aliphatic rings. The highest BCUT2D eigenvalue weighted by Crippen LogP contribution is 2.27. The van der Waals surface area contributed by atoms with Crippen LogP contribution >= 0.6 is 11.6 Å². The SMILES string of the molecule is ClCC1CCc2ccccc2O1. The van der Waals surface area contributed by atoms with E-state index in [0.29, 0.717) is 5.88 Å². The molecule has 0 fully saturated rings. The lowest BCUT2D eigenvalue weighted by atomic mass is 10.0. The fourth-order valence-corrected chi connectivity index (χ4v) is 1.71. The van der Waals surface area contributed by atoms with Gasteiger partial charge in [-0.15, -0.1) is 11.6 Å². The largest absolute Gasteiger partial charge is 0.489 e. The molecule has 0 radical (unpaired) electrons. The van der Waals surface area contributed by atoms with Crippen LogP contribution in [0.15, 0.2) is 24.3 Å². The molecular formula is C10H11ClO. The van der Waals surface area contributed by atoms with Crippen molar-refractivity contribution in [3.05, 3.63) is 29.8 Å². The van der Waals surface area contributed by atoms with Crippen molar-refractivity contribution in [1.82, 2.24) is 0 Å². The lowest BCUT2D eigenvalue weighted by Gasteiger charge is -2.24. The van der Waals surface area contributed by atoms with E-state index < -0.39 is 0 Å². The van der Waals surface area contributed by atoms with Gasteiger partial charge in [0.25, 0.3) is 0 Å². The molecule has 0 amide bonds. The molecule has 64 valence electrons. The molecule has 1 aromatic rings. The Morgan fingerprint density at radius 1 is 1.42 bits per heavy atom. The first-order valence-corrected chi connectivity index (χ1v) is 4.74. The Morgan fingerprint density at radius 2 is 2.25 bits per heavy atom. The molecule has 2 heteroatoms. The summed E-state index contributed by atoms with van der Waals surface area (Å²) in [6.07, 6.45) is 2.34. The minimum absolute atomic E-state index is 0.210. The van der Waals surface area contributed by atoms with Gasteiger partial charge >= 0.3 is 0 Å². The molecule has 0 bridgehead atoms. The van der Waals surface area contributed by atoms with Gasteiger partial charge in [0, 0.05) is 0 Å². The van der Waals surface area contributed by atoms with Crippen molar-refractivity contribution in [2.24, 2.45) is 0 Å². The number of ether oxygens (including phenoxy) is 1. The standard InChI is InChI=1S/C10H11ClO/c11-7-9-6-5-8-3-1-2-4-10(8)12-9/h1-4,9H,5-7H2. The molecule has 1 heterocycles. The summed E-state index contributed by atoms with van der Waals surface area (Å²) >= 11 is 5.72. The first-order valence-electron chi connectivity index (χ1n) is 4.20. The summed E-state index contributed by atoms with van der Waals surface area (Å²) < 4.78 is 5.65. The number of fused-ring (bicyclic) bond motifs is 1. The maximum Gasteiger partial charge on any atom is 0.122 e. The number of benzene rings is 1. The van der Waals surface area contributed by atoms with E-state index in [2.05, 4.69) is 6.07 Å². The van der Waals surface area contributed by atoms with E-state index in [1.807, 2.05) is 18.2 Å². The van der Waals surface area contributed by atoms with Gasteiger partial charge in [-0.3, -0.25) is 0 Å². The summed E-state index contributed by atoms with van der Waals surface area (Å²) in [6.45, 7) is 0. The molecule has 12 heavy (non-hydrogen) atoms. The van der Waals surface area contributed by atoms with Crippen molar-refractivity contribution in [1.29, 1.82) is 0 Å². The van der Waals surface area contributed by atoms with Crippen LogP contribution in [0.4, 0.5) is 0 Å². The Bertz CT molecular complexity index is 272. The van der Waals surface area contributed by atoms with Crippen LogP contribution in [0.2, 0.25) is 0 Å². The van der Waals surface area contributed by atoms with Gasteiger partial charge in [0.1, 0.15) is 11.9 Å². The van der Waals surface area contributed by atoms with Crippen molar-refractivity contribution in [2.75, 3.05) is 5.88 Å². The lowest BCUT2D eigenvalue weighted by molar-refractivity contribution is 0.195. The Hall–Kier alpha value is -0.690. The third kappa shape index (κ3) is 1.42. The summed E-state index contributed by atoms with van der Waals surface area (Å²) in [5.74, 6) is 1.60. The van der Waals surface area contributed by atoms with E-state index >= 15 is 0 Å². The fourth-order valence-electron chi connectivity index (χ4n) is 1.49. The highest BCUT2D eigenvalue weighted by molar-refractivity contribution is 6.18. The quantitative estimate of drug-likeness (QED) is 0.607. The van der Waals surface area contributed by atoms with Gasteiger partial charge < -0.3 is 4.74 Å². The van der Waals surface area contributed by atoms with Crippen LogP contribution in [-0.4, -0.2) is 12.0 Å². The molecular weight excluding hydrogens is 172 g/mol. The Morgan fingerprint density at radius 3 is 3.08 bits per heavy atom. The van der Waals surface area contributed by atoms with Crippen molar-refractivity contribution in [3.8, 4) is 5.75 Å². The molecule has 0 spiro atoms. The van der Waals surface area contributed by atoms with Crippen molar-refractivity contribution >= 4 is 11.6 Å². The summed E-state index contributed by atoms with van der Waals surface area (Å²) in [6, 6.07) is 8.16. The average molecular weight is 183 g/mol. The highest BCUT2D eigenvalue weighted by atomic mass is 35.5. The number of para-hydroxylation sites is 1. The minimum Gasteiger partial charge on any atom is -0.489 e. The molecule has 2 rings (SSSR count). The van der Waals surface area contributed by atoms with Crippen molar-refractivity contribution in [2.45, 2.75) is 18.9 Å². The molecule has 1 unspecified atom stereocenters. The van der Waals surface area contributed by atoms with Crippen molar-refractivity contribution < 1.29 is 4.74 Å². The normalized spacial score (nSPS) is 21.2. The van der Waals surface area contributed by atoms with Crippen LogP contribution in [0.3, 0.4) is 0 Å². The summed E-state index contributed by atoms with van der Waals surface area (Å²) in [5.41, 5.74) is 1.30. The van der Waals surface area contributed by atoms with Gasteiger partial charge in [0.15, 0.2) is 0 Å². The van der Waals surface area contributed by atoms with Crippen LogP contribution in [0, 0.1) is 0 Å². The van der Waals surface area contributed by atoms with Crippen LogP contribution < -0.4 is 4.74 Å². The maximum absolute atomic E-state index is 5.72. The Balaban J connectivity index is 2.23. The van der Waals surface area contributed by atoms with Gasteiger partial charge in [-0.05, 0) is 24.5 Å². The van der Waals surface area contributed by atoms with E-state index in [4.69, 9.17) is 16.3 Å². The first kappa shape index (κ1) is 7.93. The van der Waals surface area contributed by atoms with Crippen LogP contribution in [0.5, 0.6) is 5.75 Å². The Kier molecular flexibility index (Phi) is 2.22. The van der Waals surface area contributed by atoms with E-state index in [0.717, 1.165) is 18.6 Å². The summed E-state index contributed by atoms with van der Waals surface area (Å²) in [7, 11) is 0. The van der Waals surface area contributed by atoms with Crippen LogP contribution in [0.1, 0.15) is 12.0 Å². The second kappa shape index (κ2) is 3.36. The van der Waals surface area contributed by atoms with Crippen LogP contribution in [0.25, 0.3) is 0 Å². The zero-order valence-electron chi connectivity index (χ0n) is 6.79. The number of alkyl halides is 1. The van der Waals surface area contributed by atoms with Crippen molar-refractivity contribution in [3.63, 3.8) is 0 Å². The highest BCUT2D eigenvalue weighted by Gasteiger charge is 2.17. The predicted octanol–water partition coefficient (Wildman–Crippen LogP) is 2.62. The monoisotopic (exact) mass is 182 g/mol. The van der Waals surface area contributed by atoms with E-state index in [9.17, 15) is 0 Å². The zero-order chi connectivity index (χ0) is 8.39. The molecule has 1 aromatic carbocycles. The number of aryl methyl sites for hydroxylation is 1. The van der Waals surface area contributed by atoms with Gasteiger partial charge in [-0.2, -0.15) is 0 Å². The van der Waals surface area contributed by atoms with Gasteiger partial charge in [0.2, 0.25) is 0 Å². The molecule has 1 nitrogen and oxygen atoms in total. The second-order valence-electron chi connectivity index (χ2n) is 3.04. The zero-order valence-corrected chi connectivity index (χ0v) is 7.55. The molecule has 1 atom stereocenters. The Labute approximate surface area is 77.3 Å². The van der Waals surface area contributed by atoms with E-state index in [1.54, 1.807) is 0 Å². The number of halogens is 1. The molecule has 0 aromatic heterocycles. The molecule has 1 aliphatic heterocycles. The third-order valence-electron chi connectivity index (χ3n) is 2.17. The maximum atomic E-state index is 5.72. The predicted molar refractivity (Wildman–Crippen MR) is 49.9 cm³/mol. The van der Waals surface area contributed by atoms with Gasteiger partial charge in [-0.1, -0.05) is 18.2 Å². The lowest BCUT2D eigenvalue weighted by Crippen LogP contribution is -2.23. The fraction of sp³-hybridized carbons (Fsp3) is 0.400. The second-order valence-corrected chi connectivity index (χ2v) is 3.35. The molecule has 0 N–H and O–H groups in total. The molecule has 0 saturated carbocycles. The minimum atomic E-state index is 0.210. The molecule has 0 aliphatic carbocycles. The number of rotatable bonds is 1. The van der Waals surface area contributed by atoms with E-state index in [1.165, 1.54) is 5.56 Å². The average Bonchev–Trinajstić information content (AvgIpc) is 2.17. The third-order valence-corrected chi connectivity index (χ3v) is 2.52. The first-order chi connectivity index (χ1) is 5.90. The topological polar surface area (TPSA) is 9.23 Å². The smallest absolute Gasteiger partial charge is 0.122 e. The molecule has 0 saturated heterocycles.